The molecule has 0 unspecified atom stereocenters. The molecule has 0 atom stereocenters. The standard InChI is InChI=1S/C17H16N4O3/c1-20-8-11(9-6-7-18-13(9)16(20)22)10-4-5-12-14(15(10)24-3)19-17(23)21(12)2/h4-8,18H,1-3H3,(H,19,23). The van der Waals surface area contributed by atoms with E-state index in [9.17, 15) is 9.59 Å². The lowest BCUT2D eigenvalue weighted by atomic mass is 10.0. The van der Waals surface area contributed by atoms with E-state index in [2.05, 4.69) is 9.97 Å². The Bertz CT molecular complexity index is 1210. The largest absolute Gasteiger partial charge is 0.494 e. The fourth-order valence-corrected chi connectivity index (χ4v) is 3.18. The summed E-state index contributed by atoms with van der Waals surface area (Å²) < 4.78 is 8.67. The van der Waals surface area contributed by atoms with Gasteiger partial charge in [-0.1, -0.05) is 0 Å². The summed E-state index contributed by atoms with van der Waals surface area (Å²) in [5.41, 5.74) is 3.32. The van der Waals surface area contributed by atoms with E-state index in [1.807, 2.05) is 18.2 Å². The van der Waals surface area contributed by atoms with Crippen molar-refractivity contribution in [1.29, 1.82) is 0 Å². The number of methoxy groups -OCH3 is 1. The van der Waals surface area contributed by atoms with Crippen molar-refractivity contribution in [2.75, 3.05) is 7.11 Å². The van der Waals surface area contributed by atoms with Gasteiger partial charge in [-0.25, -0.2) is 4.79 Å². The molecule has 0 bridgehead atoms. The predicted octanol–water partition coefficient (Wildman–Crippen LogP) is 1.72. The minimum atomic E-state index is -0.201. The van der Waals surface area contributed by atoms with Crippen LogP contribution in [-0.4, -0.2) is 26.2 Å². The Morgan fingerprint density at radius 1 is 1.04 bits per heavy atom. The first-order valence-corrected chi connectivity index (χ1v) is 7.45. The number of ether oxygens (including phenoxy) is 1. The van der Waals surface area contributed by atoms with Gasteiger partial charge in [-0.15, -0.1) is 0 Å². The Morgan fingerprint density at radius 2 is 1.83 bits per heavy atom. The molecule has 7 nitrogen and oxygen atoms in total. The summed E-state index contributed by atoms with van der Waals surface area (Å²) in [6, 6.07) is 5.64. The van der Waals surface area contributed by atoms with Crippen LogP contribution in [-0.2, 0) is 14.1 Å². The van der Waals surface area contributed by atoms with Crippen molar-refractivity contribution >= 4 is 21.9 Å². The van der Waals surface area contributed by atoms with Gasteiger partial charge >= 0.3 is 5.69 Å². The van der Waals surface area contributed by atoms with Crippen LogP contribution in [0.3, 0.4) is 0 Å². The van der Waals surface area contributed by atoms with Gasteiger partial charge in [0.2, 0.25) is 0 Å². The van der Waals surface area contributed by atoms with Crippen LogP contribution in [0, 0.1) is 0 Å². The molecule has 122 valence electrons. The number of fused-ring (bicyclic) bond motifs is 2. The molecule has 0 aliphatic heterocycles. The summed E-state index contributed by atoms with van der Waals surface area (Å²) in [6.45, 7) is 0. The first-order chi connectivity index (χ1) is 11.5. The molecule has 0 fully saturated rings. The zero-order chi connectivity index (χ0) is 17.0. The molecular weight excluding hydrogens is 308 g/mol. The molecule has 1 aromatic carbocycles. The van der Waals surface area contributed by atoms with Crippen LogP contribution in [0.15, 0.2) is 40.2 Å². The van der Waals surface area contributed by atoms with Gasteiger partial charge in [0, 0.05) is 43.0 Å². The Labute approximate surface area is 136 Å². The second-order valence-electron chi connectivity index (χ2n) is 5.75. The first kappa shape index (κ1) is 14.4. The Morgan fingerprint density at radius 3 is 2.58 bits per heavy atom. The number of rotatable bonds is 2. The lowest BCUT2D eigenvalue weighted by molar-refractivity contribution is 0.420. The van der Waals surface area contributed by atoms with Gasteiger partial charge < -0.3 is 19.3 Å². The van der Waals surface area contributed by atoms with E-state index in [1.165, 1.54) is 9.13 Å². The molecule has 0 spiro atoms. The van der Waals surface area contributed by atoms with Crippen molar-refractivity contribution in [3.63, 3.8) is 0 Å². The van der Waals surface area contributed by atoms with Gasteiger partial charge in [-0.05, 0) is 18.2 Å². The molecule has 24 heavy (non-hydrogen) atoms. The van der Waals surface area contributed by atoms with Crippen LogP contribution in [0.2, 0.25) is 0 Å². The Hall–Kier alpha value is -3.22. The van der Waals surface area contributed by atoms with Crippen LogP contribution in [0.1, 0.15) is 0 Å². The Kier molecular flexibility index (Phi) is 2.93. The minimum Gasteiger partial charge on any atom is -0.494 e. The highest BCUT2D eigenvalue weighted by Gasteiger charge is 2.18. The van der Waals surface area contributed by atoms with Crippen LogP contribution < -0.4 is 16.0 Å². The summed E-state index contributed by atoms with van der Waals surface area (Å²) in [6.07, 6.45) is 3.52. The fourth-order valence-electron chi connectivity index (χ4n) is 3.18. The van der Waals surface area contributed by atoms with Gasteiger partial charge in [0.15, 0.2) is 5.75 Å². The molecule has 2 N–H and O–H groups in total. The summed E-state index contributed by atoms with van der Waals surface area (Å²) in [5, 5.41) is 0.814. The average Bonchev–Trinajstić information content (AvgIpc) is 3.16. The van der Waals surface area contributed by atoms with Crippen molar-refractivity contribution < 1.29 is 4.74 Å². The monoisotopic (exact) mass is 324 g/mol. The molecule has 0 saturated carbocycles. The minimum absolute atomic E-state index is 0.0908. The third kappa shape index (κ3) is 1.78. The van der Waals surface area contributed by atoms with E-state index in [-0.39, 0.29) is 11.2 Å². The van der Waals surface area contributed by atoms with Gasteiger partial charge in [-0.3, -0.25) is 9.36 Å². The highest BCUT2D eigenvalue weighted by atomic mass is 16.5. The highest BCUT2D eigenvalue weighted by molar-refractivity contribution is 6.00. The quantitative estimate of drug-likeness (QED) is 0.589. The zero-order valence-corrected chi connectivity index (χ0v) is 13.5. The Balaban J connectivity index is 2.15. The van der Waals surface area contributed by atoms with Crippen LogP contribution >= 0.6 is 0 Å². The predicted molar refractivity (Wildman–Crippen MR) is 92.6 cm³/mol. The van der Waals surface area contributed by atoms with Gasteiger partial charge in [0.05, 0.1) is 12.6 Å². The maximum atomic E-state index is 12.2. The van der Waals surface area contributed by atoms with E-state index in [0.29, 0.717) is 16.8 Å². The molecule has 0 amide bonds. The summed E-state index contributed by atoms with van der Waals surface area (Å²) in [4.78, 5) is 30.0. The van der Waals surface area contributed by atoms with E-state index in [0.717, 1.165) is 22.0 Å². The maximum Gasteiger partial charge on any atom is 0.326 e. The molecule has 0 aliphatic rings. The number of hydrogen-bond acceptors (Lipinski definition) is 3. The number of hydrogen-bond donors (Lipinski definition) is 2. The van der Waals surface area contributed by atoms with Crippen LogP contribution in [0.4, 0.5) is 0 Å². The number of aromatic nitrogens is 4. The number of nitrogens with zero attached hydrogens (tertiary/aromatic N) is 2. The molecule has 3 aromatic heterocycles. The summed E-state index contributed by atoms with van der Waals surface area (Å²) in [5.74, 6) is 0.575. The SMILES string of the molecule is COc1c(-c2cn(C)c(=O)c3[nH]ccc23)ccc2c1[nH]c(=O)n2C. The van der Waals surface area contributed by atoms with Gasteiger partial charge in [0.25, 0.3) is 5.56 Å². The van der Waals surface area contributed by atoms with E-state index < -0.39 is 0 Å². The van der Waals surface area contributed by atoms with Crippen LogP contribution in [0.5, 0.6) is 5.75 Å². The van der Waals surface area contributed by atoms with Crippen molar-refractivity contribution in [2.24, 2.45) is 14.1 Å². The average molecular weight is 324 g/mol. The van der Waals surface area contributed by atoms with E-state index >= 15 is 0 Å². The van der Waals surface area contributed by atoms with Crippen LogP contribution in [0.25, 0.3) is 33.1 Å². The number of pyridine rings is 1. The van der Waals surface area contributed by atoms with E-state index in [4.69, 9.17) is 4.74 Å². The van der Waals surface area contributed by atoms with Crippen molar-refractivity contribution in [3.8, 4) is 16.9 Å². The second kappa shape index (κ2) is 4.89. The molecule has 4 aromatic rings. The van der Waals surface area contributed by atoms with Crippen molar-refractivity contribution in [3.05, 3.63) is 51.4 Å². The molecule has 0 radical (unpaired) electrons. The number of aromatic amines is 2. The molecule has 3 heterocycles. The molecule has 7 heteroatoms. The van der Waals surface area contributed by atoms with Crippen molar-refractivity contribution in [1.82, 2.24) is 19.1 Å². The molecular formula is C17H16N4O3. The lowest BCUT2D eigenvalue weighted by Gasteiger charge is -2.12. The van der Waals surface area contributed by atoms with Crippen molar-refractivity contribution in [2.45, 2.75) is 0 Å². The number of imidazole rings is 1. The maximum absolute atomic E-state index is 12.2. The molecule has 0 aliphatic carbocycles. The van der Waals surface area contributed by atoms with E-state index in [1.54, 1.807) is 33.6 Å². The number of H-pyrrole nitrogens is 2. The third-order valence-electron chi connectivity index (χ3n) is 4.42. The highest BCUT2D eigenvalue weighted by Crippen LogP contribution is 2.37. The normalized spacial score (nSPS) is 11.5. The number of aryl methyl sites for hydroxylation is 2. The molecule has 4 rings (SSSR count). The topological polar surface area (TPSA) is 84.8 Å². The third-order valence-corrected chi connectivity index (χ3v) is 4.42. The summed E-state index contributed by atoms with van der Waals surface area (Å²) in [7, 11) is 4.98. The second-order valence-corrected chi connectivity index (χ2v) is 5.75. The van der Waals surface area contributed by atoms with Gasteiger partial charge in [0.1, 0.15) is 11.0 Å². The molecule has 0 saturated heterocycles. The first-order valence-electron chi connectivity index (χ1n) is 7.45. The zero-order valence-electron chi connectivity index (χ0n) is 13.5. The number of nitrogens with one attached hydrogen (secondary N) is 2. The van der Waals surface area contributed by atoms with Gasteiger partial charge in [-0.2, -0.15) is 0 Å². The lowest BCUT2D eigenvalue weighted by Crippen LogP contribution is -2.16. The summed E-state index contributed by atoms with van der Waals surface area (Å²) >= 11 is 0. The smallest absolute Gasteiger partial charge is 0.326 e. The fraction of sp³-hybridized carbons (Fsp3) is 0.176. The number of benzene rings is 1.